The fourth-order valence-corrected chi connectivity index (χ4v) is 1.77. The number of anilines is 1. The number of amides is 1. The maximum absolute atomic E-state index is 13.3. The monoisotopic (exact) mass is 267 g/mol. The lowest BCUT2D eigenvalue weighted by Gasteiger charge is -2.01. The SMILES string of the molecule is O=C(Nc1nccs1)c1ccc([N+](=O)[O-])c(F)c1. The minimum Gasteiger partial charge on any atom is -0.298 e. The summed E-state index contributed by atoms with van der Waals surface area (Å²) in [5.41, 5.74) is -0.672. The summed E-state index contributed by atoms with van der Waals surface area (Å²) in [5.74, 6) is -1.62. The third-order valence-corrected chi connectivity index (χ3v) is 2.75. The van der Waals surface area contributed by atoms with E-state index in [0.29, 0.717) is 5.13 Å². The topological polar surface area (TPSA) is 85.1 Å². The number of carbonyl (C=O) groups is 1. The quantitative estimate of drug-likeness (QED) is 0.683. The Kier molecular flexibility index (Phi) is 3.28. The van der Waals surface area contributed by atoms with Gasteiger partial charge < -0.3 is 0 Å². The van der Waals surface area contributed by atoms with Gasteiger partial charge in [0, 0.05) is 23.2 Å². The summed E-state index contributed by atoms with van der Waals surface area (Å²) >= 11 is 1.21. The van der Waals surface area contributed by atoms with Gasteiger partial charge in [-0.05, 0) is 12.1 Å². The first-order valence-corrected chi connectivity index (χ1v) is 5.60. The van der Waals surface area contributed by atoms with Crippen molar-refractivity contribution in [3.8, 4) is 0 Å². The summed E-state index contributed by atoms with van der Waals surface area (Å²) in [4.78, 5) is 25.1. The molecule has 1 N–H and O–H groups in total. The van der Waals surface area contributed by atoms with Crippen molar-refractivity contribution in [1.82, 2.24) is 4.98 Å². The molecule has 0 saturated carbocycles. The van der Waals surface area contributed by atoms with Crippen LogP contribution in [0.3, 0.4) is 0 Å². The number of rotatable bonds is 3. The van der Waals surface area contributed by atoms with Crippen molar-refractivity contribution < 1.29 is 14.1 Å². The molecule has 92 valence electrons. The van der Waals surface area contributed by atoms with E-state index in [1.54, 1.807) is 5.38 Å². The minimum absolute atomic E-state index is 0.00620. The molecule has 1 heterocycles. The molecule has 8 heteroatoms. The molecule has 0 fully saturated rings. The molecule has 0 spiro atoms. The van der Waals surface area contributed by atoms with Crippen LogP contribution in [-0.4, -0.2) is 15.8 Å². The van der Waals surface area contributed by atoms with Crippen LogP contribution in [0.15, 0.2) is 29.8 Å². The van der Waals surface area contributed by atoms with Gasteiger partial charge in [-0.3, -0.25) is 20.2 Å². The van der Waals surface area contributed by atoms with Crippen molar-refractivity contribution >= 4 is 28.1 Å². The number of carbonyl (C=O) groups excluding carboxylic acids is 1. The van der Waals surface area contributed by atoms with Gasteiger partial charge >= 0.3 is 5.69 Å². The summed E-state index contributed by atoms with van der Waals surface area (Å²) < 4.78 is 13.3. The lowest BCUT2D eigenvalue weighted by Crippen LogP contribution is -2.12. The second-order valence-corrected chi connectivity index (χ2v) is 4.11. The second-order valence-electron chi connectivity index (χ2n) is 3.21. The normalized spacial score (nSPS) is 10.1. The molecule has 0 aliphatic rings. The highest BCUT2D eigenvalue weighted by atomic mass is 32.1. The molecule has 0 aliphatic carbocycles. The van der Waals surface area contributed by atoms with Gasteiger partial charge in [0.2, 0.25) is 5.82 Å². The first kappa shape index (κ1) is 12.1. The van der Waals surface area contributed by atoms with Crippen molar-refractivity contribution in [2.24, 2.45) is 0 Å². The van der Waals surface area contributed by atoms with Crippen molar-refractivity contribution in [3.05, 3.63) is 51.3 Å². The van der Waals surface area contributed by atoms with Crippen LogP contribution in [0.4, 0.5) is 15.2 Å². The largest absolute Gasteiger partial charge is 0.304 e. The number of halogens is 1. The number of thiazole rings is 1. The number of nitrogens with zero attached hydrogens (tertiary/aromatic N) is 2. The summed E-state index contributed by atoms with van der Waals surface area (Å²) in [6, 6.07) is 2.96. The van der Waals surface area contributed by atoms with Crippen LogP contribution in [-0.2, 0) is 0 Å². The summed E-state index contributed by atoms with van der Waals surface area (Å²) in [5, 5.41) is 14.9. The first-order chi connectivity index (χ1) is 8.58. The van der Waals surface area contributed by atoms with Crippen molar-refractivity contribution in [2.45, 2.75) is 0 Å². The predicted octanol–water partition coefficient (Wildman–Crippen LogP) is 2.44. The number of hydrogen-bond acceptors (Lipinski definition) is 5. The highest BCUT2D eigenvalue weighted by Crippen LogP contribution is 2.19. The molecule has 1 aromatic carbocycles. The smallest absolute Gasteiger partial charge is 0.298 e. The molecule has 0 bridgehead atoms. The van der Waals surface area contributed by atoms with Crippen LogP contribution < -0.4 is 5.32 Å². The number of nitro benzene ring substituents is 1. The highest BCUT2D eigenvalue weighted by Gasteiger charge is 2.17. The number of nitrogens with one attached hydrogen (secondary N) is 1. The maximum Gasteiger partial charge on any atom is 0.304 e. The maximum atomic E-state index is 13.3. The van der Waals surface area contributed by atoms with E-state index in [1.165, 1.54) is 23.6 Å². The molecule has 0 radical (unpaired) electrons. The zero-order chi connectivity index (χ0) is 13.1. The fourth-order valence-electron chi connectivity index (χ4n) is 1.25. The average Bonchev–Trinajstić information content (AvgIpc) is 2.81. The van der Waals surface area contributed by atoms with Crippen LogP contribution in [0.25, 0.3) is 0 Å². The minimum atomic E-state index is -1.05. The van der Waals surface area contributed by atoms with E-state index in [1.807, 2.05) is 0 Å². The van der Waals surface area contributed by atoms with Crippen LogP contribution in [0.5, 0.6) is 0 Å². The van der Waals surface area contributed by atoms with Crippen LogP contribution >= 0.6 is 11.3 Å². The van der Waals surface area contributed by atoms with Crippen molar-refractivity contribution in [3.63, 3.8) is 0 Å². The van der Waals surface area contributed by atoms with E-state index in [-0.39, 0.29) is 5.56 Å². The van der Waals surface area contributed by atoms with Gasteiger partial charge in [0.05, 0.1) is 4.92 Å². The van der Waals surface area contributed by atoms with Gasteiger partial charge in [0.15, 0.2) is 5.13 Å². The molecule has 2 rings (SSSR count). The number of benzene rings is 1. The molecule has 1 amide bonds. The lowest BCUT2D eigenvalue weighted by atomic mass is 10.2. The number of hydrogen-bond donors (Lipinski definition) is 1. The Morgan fingerprint density at radius 3 is 2.83 bits per heavy atom. The second kappa shape index (κ2) is 4.88. The third-order valence-electron chi connectivity index (χ3n) is 2.06. The van der Waals surface area contributed by atoms with Crippen LogP contribution in [0.2, 0.25) is 0 Å². The van der Waals surface area contributed by atoms with Crippen LogP contribution in [0, 0.1) is 15.9 Å². The highest BCUT2D eigenvalue weighted by molar-refractivity contribution is 7.13. The fraction of sp³-hybridized carbons (Fsp3) is 0. The Morgan fingerprint density at radius 1 is 1.50 bits per heavy atom. The zero-order valence-corrected chi connectivity index (χ0v) is 9.61. The van der Waals surface area contributed by atoms with Gasteiger partial charge in [-0.15, -0.1) is 11.3 Å². The molecule has 0 aliphatic heterocycles. The molecular weight excluding hydrogens is 261 g/mol. The number of aromatic nitrogens is 1. The van der Waals surface area contributed by atoms with Crippen LogP contribution in [0.1, 0.15) is 10.4 Å². The molecule has 6 nitrogen and oxygen atoms in total. The van der Waals surface area contributed by atoms with E-state index in [4.69, 9.17) is 0 Å². The standard InChI is InChI=1S/C10H6FN3O3S/c11-7-5-6(1-2-8(7)14(16)17)9(15)13-10-12-3-4-18-10/h1-5H,(H,12,13,15). The lowest BCUT2D eigenvalue weighted by molar-refractivity contribution is -0.387. The predicted molar refractivity (Wildman–Crippen MR) is 63.1 cm³/mol. The molecule has 2 aromatic rings. The van der Waals surface area contributed by atoms with E-state index < -0.39 is 22.3 Å². The van der Waals surface area contributed by atoms with Gasteiger partial charge in [-0.1, -0.05) is 0 Å². The third kappa shape index (κ3) is 2.48. The van der Waals surface area contributed by atoms with Crippen molar-refractivity contribution in [1.29, 1.82) is 0 Å². The molecule has 0 saturated heterocycles. The van der Waals surface area contributed by atoms with Gasteiger partial charge in [-0.2, -0.15) is 4.39 Å². The van der Waals surface area contributed by atoms with E-state index in [2.05, 4.69) is 10.3 Å². The molecule has 1 aromatic heterocycles. The summed E-state index contributed by atoms with van der Waals surface area (Å²) in [6.45, 7) is 0. The van der Waals surface area contributed by atoms with E-state index >= 15 is 0 Å². The summed E-state index contributed by atoms with van der Waals surface area (Å²) in [6.07, 6.45) is 1.51. The Bertz CT molecular complexity index is 600. The molecule has 0 unspecified atom stereocenters. The van der Waals surface area contributed by atoms with E-state index in [9.17, 15) is 19.3 Å². The Morgan fingerprint density at radius 2 is 2.28 bits per heavy atom. The number of nitro groups is 1. The average molecular weight is 267 g/mol. The molecule has 0 atom stereocenters. The van der Waals surface area contributed by atoms with Gasteiger partial charge in [-0.25, -0.2) is 4.98 Å². The molecule has 18 heavy (non-hydrogen) atoms. The Hall–Kier alpha value is -2.35. The Balaban J connectivity index is 2.21. The van der Waals surface area contributed by atoms with E-state index in [0.717, 1.165) is 12.1 Å². The zero-order valence-electron chi connectivity index (χ0n) is 8.79. The first-order valence-electron chi connectivity index (χ1n) is 4.72. The van der Waals surface area contributed by atoms with Crippen molar-refractivity contribution in [2.75, 3.05) is 5.32 Å². The summed E-state index contributed by atoms with van der Waals surface area (Å²) in [7, 11) is 0. The molecular formula is C10H6FN3O3S. The Labute approximate surface area is 104 Å². The van der Waals surface area contributed by atoms with Gasteiger partial charge in [0.25, 0.3) is 5.91 Å². The van der Waals surface area contributed by atoms with Gasteiger partial charge in [0.1, 0.15) is 0 Å².